The van der Waals surface area contributed by atoms with Crippen molar-refractivity contribution in [2.75, 3.05) is 7.05 Å². The first-order chi connectivity index (χ1) is 7.69. The molecule has 0 aliphatic heterocycles. The van der Waals surface area contributed by atoms with Crippen molar-refractivity contribution in [1.29, 1.82) is 0 Å². The first kappa shape index (κ1) is 11.6. The third-order valence-corrected chi connectivity index (χ3v) is 4.17. The number of hydrogen-bond acceptors (Lipinski definition) is 1. The second-order valence-corrected chi connectivity index (χ2v) is 5.38. The largest absolute Gasteiger partial charge is 0.339 e. The molecule has 0 spiro atoms. The maximum absolute atomic E-state index is 11.1. The summed E-state index contributed by atoms with van der Waals surface area (Å²) in [4.78, 5) is 12.9. The van der Waals surface area contributed by atoms with Crippen molar-refractivity contribution in [3.05, 3.63) is 34.3 Å². The quantitative estimate of drug-likeness (QED) is 0.779. The maximum Gasteiger partial charge on any atom is 0.210 e. The molecule has 1 amide bonds. The molecule has 0 radical (unpaired) electrons. The molecule has 0 N–H and O–H groups in total. The Hall–Kier alpha value is -0.830. The lowest BCUT2D eigenvalue weighted by atomic mass is 9.87. The smallest absolute Gasteiger partial charge is 0.210 e. The fourth-order valence-corrected chi connectivity index (χ4v) is 2.93. The first-order valence-corrected chi connectivity index (χ1v) is 6.43. The third kappa shape index (κ3) is 1.88. The predicted molar refractivity (Wildman–Crippen MR) is 68.1 cm³/mol. The summed E-state index contributed by atoms with van der Waals surface area (Å²) in [7, 11) is 1.89. The number of carbonyl (C=O) groups excluding carboxylic acids is 1. The highest BCUT2D eigenvalue weighted by molar-refractivity contribution is 9.10. The fourth-order valence-electron chi connectivity index (χ4n) is 2.67. The van der Waals surface area contributed by atoms with Gasteiger partial charge in [0, 0.05) is 11.5 Å². The van der Waals surface area contributed by atoms with Crippen LogP contribution in [0.15, 0.2) is 28.7 Å². The van der Waals surface area contributed by atoms with Crippen molar-refractivity contribution >= 4 is 22.3 Å². The maximum atomic E-state index is 11.1. The zero-order valence-electron chi connectivity index (χ0n) is 9.45. The summed E-state index contributed by atoms with van der Waals surface area (Å²) < 4.78 is 1.08. The first-order valence-electron chi connectivity index (χ1n) is 5.63. The molecule has 2 nitrogen and oxygen atoms in total. The van der Waals surface area contributed by atoms with Crippen molar-refractivity contribution in [3.63, 3.8) is 0 Å². The van der Waals surface area contributed by atoms with Crippen LogP contribution in [0.4, 0.5) is 0 Å². The molecule has 16 heavy (non-hydrogen) atoms. The van der Waals surface area contributed by atoms with Crippen LogP contribution >= 0.6 is 15.9 Å². The highest BCUT2D eigenvalue weighted by atomic mass is 79.9. The second-order valence-electron chi connectivity index (χ2n) is 4.46. The van der Waals surface area contributed by atoms with Gasteiger partial charge in [-0.15, -0.1) is 0 Å². The van der Waals surface area contributed by atoms with Gasteiger partial charge in [-0.2, -0.15) is 0 Å². The minimum atomic E-state index is -0.0670. The molecule has 1 aromatic carbocycles. The molecule has 0 atom stereocenters. The van der Waals surface area contributed by atoms with Crippen LogP contribution in [-0.4, -0.2) is 18.4 Å². The van der Waals surface area contributed by atoms with E-state index >= 15 is 0 Å². The number of benzene rings is 1. The minimum Gasteiger partial charge on any atom is -0.339 e. The molecule has 0 unspecified atom stereocenters. The number of rotatable bonds is 3. The lowest BCUT2D eigenvalue weighted by Crippen LogP contribution is -2.40. The summed E-state index contributed by atoms with van der Waals surface area (Å²) >= 11 is 3.44. The van der Waals surface area contributed by atoms with Crippen molar-refractivity contribution in [2.45, 2.75) is 31.2 Å². The van der Waals surface area contributed by atoms with Crippen LogP contribution in [-0.2, 0) is 10.3 Å². The molecule has 2 rings (SSSR count). The molecule has 1 saturated carbocycles. The Labute approximate surface area is 105 Å². The summed E-state index contributed by atoms with van der Waals surface area (Å²) in [6.45, 7) is 0. The topological polar surface area (TPSA) is 20.3 Å². The fraction of sp³-hybridized carbons (Fsp3) is 0.462. The van der Waals surface area contributed by atoms with Gasteiger partial charge in [0.05, 0.1) is 5.54 Å². The molecule has 86 valence electrons. The van der Waals surface area contributed by atoms with E-state index in [4.69, 9.17) is 0 Å². The molecule has 0 bridgehead atoms. The number of nitrogens with zero attached hydrogens (tertiary/aromatic N) is 1. The monoisotopic (exact) mass is 281 g/mol. The van der Waals surface area contributed by atoms with Gasteiger partial charge < -0.3 is 4.90 Å². The van der Waals surface area contributed by atoms with Crippen LogP contribution in [0.2, 0.25) is 0 Å². The van der Waals surface area contributed by atoms with Crippen LogP contribution in [0.25, 0.3) is 0 Å². The van der Waals surface area contributed by atoms with E-state index in [2.05, 4.69) is 28.1 Å². The van der Waals surface area contributed by atoms with Crippen molar-refractivity contribution < 1.29 is 4.79 Å². The van der Waals surface area contributed by atoms with E-state index in [-0.39, 0.29) is 5.54 Å². The van der Waals surface area contributed by atoms with E-state index in [9.17, 15) is 4.79 Å². The SMILES string of the molecule is CN(C=O)C1(c2ccc(Br)cc2)CCCC1. The van der Waals surface area contributed by atoms with Crippen LogP contribution < -0.4 is 0 Å². The minimum absolute atomic E-state index is 0.0670. The van der Waals surface area contributed by atoms with Gasteiger partial charge >= 0.3 is 0 Å². The Morgan fingerprint density at radius 2 is 1.81 bits per heavy atom. The normalized spacial score (nSPS) is 18.4. The molecule has 1 aliphatic carbocycles. The Balaban J connectivity index is 2.39. The van der Waals surface area contributed by atoms with Gasteiger partial charge in [0.2, 0.25) is 6.41 Å². The third-order valence-electron chi connectivity index (χ3n) is 3.65. The van der Waals surface area contributed by atoms with Crippen molar-refractivity contribution in [1.82, 2.24) is 4.90 Å². The highest BCUT2D eigenvalue weighted by Gasteiger charge is 2.38. The molecule has 1 fully saturated rings. The molecular formula is C13H16BrNO. The van der Waals surface area contributed by atoms with Gasteiger partial charge in [0.1, 0.15) is 0 Å². The van der Waals surface area contributed by atoms with E-state index in [1.54, 1.807) is 0 Å². The lowest BCUT2D eigenvalue weighted by Gasteiger charge is -2.37. The molecule has 1 aromatic rings. The number of halogens is 1. The Kier molecular flexibility index (Phi) is 3.33. The Morgan fingerprint density at radius 1 is 1.25 bits per heavy atom. The highest BCUT2D eigenvalue weighted by Crippen LogP contribution is 2.42. The molecule has 0 saturated heterocycles. The van der Waals surface area contributed by atoms with Gasteiger partial charge in [-0.05, 0) is 30.5 Å². The predicted octanol–water partition coefficient (Wildman–Crippen LogP) is 3.31. The molecule has 1 aliphatic rings. The van der Waals surface area contributed by atoms with E-state index in [0.717, 1.165) is 23.7 Å². The lowest BCUT2D eigenvalue weighted by molar-refractivity contribution is -0.122. The molecular weight excluding hydrogens is 266 g/mol. The van der Waals surface area contributed by atoms with Crippen molar-refractivity contribution in [2.24, 2.45) is 0 Å². The van der Waals surface area contributed by atoms with Crippen LogP contribution in [0, 0.1) is 0 Å². The average Bonchev–Trinajstić information content (AvgIpc) is 2.79. The number of hydrogen-bond donors (Lipinski definition) is 0. The van der Waals surface area contributed by atoms with Gasteiger partial charge in [-0.1, -0.05) is 40.9 Å². The zero-order valence-corrected chi connectivity index (χ0v) is 11.0. The van der Waals surface area contributed by atoms with Crippen LogP contribution in [0.5, 0.6) is 0 Å². The van der Waals surface area contributed by atoms with E-state index in [0.29, 0.717) is 0 Å². The molecule has 0 heterocycles. The molecule has 0 aromatic heterocycles. The number of amides is 1. The molecule has 3 heteroatoms. The van der Waals surface area contributed by atoms with Gasteiger partial charge in [-0.3, -0.25) is 4.79 Å². The second kappa shape index (κ2) is 4.58. The number of carbonyl (C=O) groups is 1. The summed E-state index contributed by atoms with van der Waals surface area (Å²) in [6, 6.07) is 8.34. The Bertz CT molecular complexity index is 368. The Morgan fingerprint density at radius 3 is 2.31 bits per heavy atom. The van der Waals surface area contributed by atoms with Crippen LogP contribution in [0.1, 0.15) is 31.2 Å². The summed E-state index contributed by atoms with van der Waals surface area (Å²) in [5, 5.41) is 0. The zero-order chi connectivity index (χ0) is 11.6. The summed E-state index contributed by atoms with van der Waals surface area (Å²) in [5.41, 5.74) is 1.19. The van der Waals surface area contributed by atoms with Gasteiger partial charge in [0.25, 0.3) is 0 Å². The summed E-state index contributed by atoms with van der Waals surface area (Å²) in [6.07, 6.45) is 5.50. The van der Waals surface area contributed by atoms with Crippen molar-refractivity contribution in [3.8, 4) is 0 Å². The van der Waals surface area contributed by atoms with Gasteiger partial charge in [0.15, 0.2) is 0 Å². The van der Waals surface area contributed by atoms with E-state index < -0.39 is 0 Å². The van der Waals surface area contributed by atoms with E-state index in [1.165, 1.54) is 18.4 Å². The van der Waals surface area contributed by atoms with Gasteiger partial charge in [-0.25, -0.2) is 0 Å². The summed E-state index contributed by atoms with van der Waals surface area (Å²) in [5.74, 6) is 0. The average molecular weight is 282 g/mol. The van der Waals surface area contributed by atoms with Crippen LogP contribution in [0.3, 0.4) is 0 Å². The standard InChI is InChI=1S/C13H16BrNO/c1-15(10-16)13(8-2-3-9-13)11-4-6-12(14)7-5-11/h4-7,10H,2-3,8-9H2,1H3. The van der Waals surface area contributed by atoms with E-state index in [1.807, 2.05) is 24.1 Å².